The zero-order valence-electron chi connectivity index (χ0n) is 16.9. The van der Waals surface area contributed by atoms with Crippen LogP contribution in [0.2, 0.25) is 0 Å². The van der Waals surface area contributed by atoms with E-state index in [2.05, 4.69) is 22.4 Å². The van der Waals surface area contributed by atoms with Crippen LogP contribution in [0.4, 0.5) is 11.5 Å². The van der Waals surface area contributed by atoms with Crippen LogP contribution < -0.4 is 15.0 Å². The zero-order valence-corrected chi connectivity index (χ0v) is 16.9. The fourth-order valence-electron chi connectivity index (χ4n) is 3.95. The van der Waals surface area contributed by atoms with Crippen LogP contribution in [-0.4, -0.2) is 23.5 Å². The van der Waals surface area contributed by atoms with Gasteiger partial charge in [-0.3, -0.25) is 4.79 Å². The maximum atomic E-state index is 12.9. The Morgan fingerprint density at radius 1 is 1.07 bits per heavy atom. The van der Waals surface area contributed by atoms with Crippen LogP contribution in [-0.2, 0) is 13.0 Å². The van der Waals surface area contributed by atoms with Gasteiger partial charge in [0.25, 0.3) is 5.91 Å². The monoisotopic (exact) mass is 399 g/mol. The molecule has 1 aliphatic carbocycles. The lowest BCUT2D eigenvalue weighted by atomic mass is 9.96. The number of hydrogen-bond acceptors (Lipinski definition) is 4. The van der Waals surface area contributed by atoms with Crippen LogP contribution in [0, 0.1) is 0 Å². The van der Waals surface area contributed by atoms with E-state index in [1.165, 1.54) is 12.0 Å². The Hall–Kier alpha value is -3.34. The smallest absolute Gasteiger partial charge is 0.259 e. The molecule has 5 nitrogen and oxygen atoms in total. The summed E-state index contributed by atoms with van der Waals surface area (Å²) in [7, 11) is 0. The molecule has 1 N–H and O–H groups in total. The molecule has 2 heterocycles. The maximum absolute atomic E-state index is 12.9. The lowest BCUT2D eigenvalue weighted by Crippen LogP contribution is -2.28. The van der Waals surface area contributed by atoms with Gasteiger partial charge in [-0.15, -0.1) is 0 Å². The quantitative estimate of drug-likeness (QED) is 0.645. The van der Waals surface area contributed by atoms with E-state index in [1.807, 2.05) is 53.4 Å². The molecule has 2 aliphatic rings. The molecule has 152 valence electrons. The SMILES string of the molecule is O=C(c1ccc(NCc2ccccc2OC2CCC2)nc1)N1CCc2ccccc21. The van der Waals surface area contributed by atoms with Crippen molar-refractivity contribution in [1.82, 2.24) is 4.98 Å². The van der Waals surface area contributed by atoms with Gasteiger partial charge in [0.15, 0.2) is 0 Å². The number of anilines is 2. The second-order valence-electron chi connectivity index (χ2n) is 7.90. The summed E-state index contributed by atoms with van der Waals surface area (Å²) in [6.45, 7) is 1.35. The summed E-state index contributed by atoms with van der Waals surface area (Å²) in [5.74, 6) is 1.68. The highest BCUT2D eigenvalue weighted by atomic mass is 16.5. The van der Waals surface area contributed by atoms with Crippen molar-refractivity contribution in [3.05, 3.63) is 83.6 Å². The lowest BCUT2D eigenvalue weighted by molar-refractivity contribution is 0.0989. The Morgan fingerprint density at radius 3 is 2.70 bits per heavy atom. The number of pyridine rings is 1. The molecule has 0 unspecified atom stereocenters. The van der Waals surface area contributed by atoms with E-state index in [4.69, 9.17) is 4.74 Å². The number of fused-ring (bicyclic) bond motifs is 1. The summed E-state index contributed by atoms with van der Waals surface area (Å²) in [5, 5.41) is 3.35. The molecule has 0 bridgehead atoms. The molecular formula is C25H25N3O2. The largest absolute Gasteiger partial charge is 0.490 e. The van der Waals surface area contributed by atoms with Crippen LogP contribution in [0.25, 0.3) is 0 Å². The Morgan fingerprint density at radius 2 is 1.90 bits per heavy atom. The van der Waals surface area contributed by atoms with Crippen molar-refractivity contribution in [2.45, 2.75) is 38.3 Å². The number of aromatic nitrogens is 1. The molecule has 0 saturated heterocycles. The third-order valence-corrected chi connectivity index (χ3v) is 5.92. The molecule has 1 aromatic heterocycles. The standard InChI is InChI=1S/C25H25N3O2/c29-25(28-15-14-18-6-1-3-10-22(18)28)20-12-13-24(27-17-20)26-16-19-7-2-4-11-23(19)30-21-8-5-9-21/h1-4,6-7,10-13,17,21H,5,8-9,14-16H2,(H,26,27). The van der Waals surface area contributed by atoms with Crippen molar-refractivity contribution in [2.24, 2.45) is 0 Å². The molecular weight excluding hydrogens is 374 g/mol. The van der Waals surface area contributed by atoms with Gasteiger partial charge in [-0.2, -0.15) is 0 Å². The van der Waals surface area contributed by atoms with Crippen molar-refractivity contribution < 1.29 is 9.53 Å². The molecule has 5 heteroatoms. The number of hydrogen-bond donors (Lipinski definition) is 1. The molecule has 1 saturated carbocycles. The summed E-state index contributed by atoms with van der Waals surface area (Å²) in [5.41, 5.74) is 3.94. The predicted octanol–water partition coefficient (Wildman–Crippen LogP) is 4.83. The van der Waals surface area contributed by atoms with Gasteiger partial charge in [-0.1, -0.05) is 36.4 Å². The third-order valence-electron chi connectivity index (χ3n) is 5.92. The Balaban J connectivity index is 1.24. The first-order chi connectivity index (χ1) is 14.8. The van der Waals surface area contributed by atoms with E-state index in [0.29, 0.717) is 18.2 Å². The van der Waals surface area contributed by atoms with E-state index >= 15 is 0 Å². The first kappa shape index (κ1) is 18.7. The van der Waals surface area contributed by atoms with Gasteiger partial charge in [0.1, 0.15) is 11.6 Å². The number of rotatable bonds is 6. The van der Waals surface area contributed by atoms with Crippen LogP contribution in [0.1, 0.15) is 40.7 Å². The molecule has 1 fully saturated rings. The maximum Gasteiger partial charge on any atom is 0.259 e. The normalized spacial score (nSPS) is 15.4. The van der Waals surface area contributed by atoms with Crippen LogP contribution >= 0.6 is 0 Å². The minimum absolute atomic E-state index is 0.00163. The fraction of sp³-hybridized carbons (Fsp3) is 0.280. The van der Waals surface area contributed by atoms with E-state index in [-0.39, 0.29) is 5.91 Å². The number of carbonyl (C=O) groups excluding carboxylic acids is 1. The average molecular weight is 399 g/mol. The lowest BCUT2D eigenvalue weighted by Gasteiger charge is -2.27. The van der Waals surface area contributed by atoms with Crippen LogP contribution in [0.3, 0.4) is 0 Å². The summed E-state index contributed by atoms with van der Waals surface area (Å²) >= 11 is 0. The van der Waals surface area contributed by atoms with Crippen molar-refractivity contribution in [3.63, 3.8) is 0 Å². The zero-order chi connectivity index (χ0) is 20.3. The molecule has 3 aromatic rings. The number of carbonyl (C=O) groups is 1. The predicted molar refractivity (Wildman–Crippen MR) is 118 cm³/mol. The average Bonchev–Trinajstić information content (AvgIpc) is 3.19. The van der Waals surface area contributed by atoms with Crippen molar-refractivity contribution in [1.29, 1.82) is 0 Å². The van der Waals surface area contributed by atoms with E-state index < -0.39 is 0 Å². The minimum Gasteiger partial charge on any atom is -0.490 e. The van der Waals surface area contributed by atoms with Gasteiger partial charge in [0, 0.05) is 30.5 Å². The molecule has 1 amide bonds. The first-order valence-corrected chi connectivity index (χ1v) is 10.6. The third kappa shape index (κ3) is 3.75. The Bertz CT molecular complexity index is 1040. The number of amides is 1. The molecule has 0 spiro atoms. The van der Waals surface area contributed by atoms with Crippen LogP contribution in [0.5, 0.6) is 5.75 Å². The number of ether oxygens (including phenoxy) is 1. The second-order valence-corrected chi connectivity index (χ2v) is 7.90. The summed E-state index contributed by atoms with van der Waals surface area (Å²) < 4.78 is 6.10. The van der Waals surface area contributed by atoms with E-state index in [1.54, 1.807) is 6.20 Å². The summed E-state index contributed by atoms with van der Waals surface area (Å²) in [6, 6.07) is 19.9. The highest BCUT2D eigenvalue weighted by Gasteiger charge is 2.25. The molecule has 0 atom stereocenters. The molecule has 30 heavy (non-hydrogen) atoms. The number of benzene rings is 2. The Labute approximate surface area is 176 Å². The second kappa shape index (κ2) is 8.19. The summed E-state index contributed by atoms with van der Waals surface area (Å²) in [4.78, 5) is 19.2. The molecule has 0 radical (unpaired) electrons. The van der Waals surface area contributed by atoms with Crippen LogP contribution in [0.15, 0.2) is 66.9 Å². The van der Waals surface area contributed by atoms with Crippen molar-refractivity contribution in [3.8, 4) is 5.75 Å². The summed E-state index contributed by atoms with van der Waals surface area (Å²) in [6.07, 6.45) is 6.44. The highest BCUT2D eigenvalue weighted by Crippen LogP contribution is 2.29. The molecule has 5 rings (SSSR count). The van der Waals surface area contributed by atoms with E-state index in [9.17, 15) is 4.79 Å². The molecule has 1 aliphatic heterocycles. The topological polar surface area (TPSA) is 54.5 Å². The van der Waals surface area contributed by atoms with Gasteiger partial charge < -0.3 is 15.0 Å². The highest BCUT2D eigenvalue weighted by molar-refractivity contribution is 6.07. The Kier molecular flexibility index (Phi) is 5.10. The number of para-hydroxylation sites is 2. The molecule has 2 aromatic carbocycles. The van der Waals surface area contributed by atoms with Crippen molar-refractivity contribution in [2.75, 3.05) is 16.8 Å². The first-order valence-electron chi connectivity index (χ1n) is 10.6. The fourth-order valence-corrected chi connectivity index (χ4v) is 3.95. The number of nitrogens with zero attached hydrogens (tertiary/aromatic N) is 2. The van der Waals surface area contributed by atoms with Gasteiger partial charge >= 0.3 is 0 Å². The van der Waals surface area contributed by atoms with Gasteiger partial charge in [-0.05, 0) is 55.5 Å². The van der Waals surface area contributed by atoms with Crippen molar-refractivity contribution >= 4 is 17.4 Å². The van der Waals surface area contributed by atoms with Gasteiger partial charge in [-0.25, -0.2) is 4.98 Å². The number of nitrogens with one attached hydrogen (secondary N) is 1. The minimum atomic E-state index is -0.00163. The van der Waals surface area contributed by atoms with E-state index in [0.717, 1.165) is 48.6 Å². The van der Waals surface area contributed by atoms with Gasteiger partial charge in [0.05, 0.1) is 11.7 Å². The van der Waals surface area contributed by atoms with Gasteiger partial charge in [0.2, 0.25) is 0 Å².